The van der Waals surface area contributed by atoms with Gasteiger partial charge in [-0.15, -0.1) is 0 Å². The lowest BCUT2D eigenvalue weighted by molar-refractivity contribution is 0.125. The Morgan fingerprint density at radius 3 is 2.66 bits per heavy atom. The highest BCUT2D eigenvalue weighted by atomic mass is 16.5. The second kappa shape index (κ2) is 9.58. The van der Waals surface area contributed by atoms with Gasteiger partial charge in [-0.3, -0.25) is 4.79 Å². The van der Waals surface area contributed by atoms with Crippen molar-refractivity contribution in [3.05, 3.63) is 107 Å². The van der Waals surface area contributed by atoms with Gasteiger partial charge in [0.05, 0.1) is 24.9 Å². The van der Waals surface area contributed by atoms with Gasteiger partial charge < -0.3 is 24.8 Å². The molecule has 1 aliphatic heterocycles. The molecule has 0 amide bonds. The highest BCUT2D eigenvalue weighted by molar-refractivity contribution is 5.66. The predicted octanol–water partition coefficient (Wildman–Crippen LogP) is 3.52. The summed E-state index contributed by atoms with van der Waals surface area (Å²) >= 11 is 0. The van der Waals surface area contributed by atoms with Crippen LogP contribution in [-0.2, 0) is 11.2 Å². The first-order valence-corrected chi connectivity index (χ1v) is 10.6. The zero-order chi connectivity index (χ0) is 22.5. The fourth-order valence-electron chi connectivity index (χ4n) is 3.76. The maximum absolute atomic E-state index is 12.2. The van der Waals surface area contributed by atoms with Gasteiger partial charge in [-0.25, -0.2) is 0 Å². The van der Waals surface area contributed by atoms with Crippen LogP contribution >= 0.6 is 0 Å². The van der Waals surface area contributed by atoms with E-state index in [2.05, 4.69) is 5.32 Å². The normalized spacial score (nSPS) is 16.2. The van der Waals surface area contributed by atoms with Crippen molar-refractivity contribution < 1.29 is 14.9 Å². The van der Waals surface area contributed by atoms with Gasteiger partial charge in [0.2, 0.25) is 5.43 Å². The number of nitrogens with one attached hydrogen (secondary N) is 1. The summed E-state index contributed by atoms with van der Waals surface area (Å²) in [6.07, 6.45) is 6.28. The zero-order valence-electron chi connectivity index (χ0n) is 17.8. The zero-order valence-corrected chi connectivity index (χ0v) is 17.8. The summed E-state index contributed by atoms with van der Waals surface area (Å²) in [5.74, 6) is 0.253. The summed E-state index contributed by atoms with van der Waals surface area (Å²) in [6.45, 7) is 2.41. The molecule has 2 unspecified atom stereocenters. The van der Waals surface area contributed by atoms with Crippen LogP contribution in [0.4, 0.5) is 0 Å². The third kappa shape index (κ3) is 4.76. The molecule has 6 nitrogen and oxygen atoms in total. The molecule has 0 radical (unpaired) electrons. The number of pyridine rings is 1. The lowest BCUT2D eigenvalue weighted by Crippen LogP contribution is -2.41. The number of hydrogen-bond acceptors (Lipinski definition) is 5. The van der Waals surface area contributed by atoms with Crippen molar-refractivity contribution in [1.29, 1.82) is 0 Å². The monoisotopic (exact) mass is 430 g/mol. The molecule has 2 aromatic carbocycles. The van der Waals surface area contributed by atoms with Gasteiger partial charge in [-0.2, -0.15) is 0 Å². The summed E-state index contributed by atoms with van der Waals surface area (Å²) in [5.41, 5.74) is 2.97. The molecule has 3 N–H and O–H groups in total. The third-order valence-corrected chi connectivity index (χ3v) is 5.35. The summed E-state index contributed by atoms with van der Waals surface area (Å²) < 4.78 is 7.24. The predicted molar refractivity (Wildman–Crippen MR) is 125 cm³/mol. The number of nitrogens with zero attached hydrogens (tertiary/aromatic N) is 1. The van der Waals surface area contributed by atoms with Crippen LogP contribution in [0.2, 0.25) is 0 Å². The molecule has 3 aromatic rings. The van der Waals surface area contributed by atoms with Crippen LogP contribution in [0.15, 0.2) is 95.8 Å². The molecular formula is C26H26N2O4. The van der Waals surface area contributed by atoms with Crippen LogP contribution in [0.25, 0.3) is 16.8 Å². The van der Waals surface area contributed by atoms with E-state index in [-0.39, 0.29) is 18.2 Å². The van der Waals surface area contributed by atoms with Crippen LogP contribution in [0.3, 0.4) is 0 Å². The number of benzene rings is 2. The fourth-order valence-corrected chi connectivity index (χ4v) is 3.76. The van der Waals surface area contributed by atoms with E-state index in [1.807, 2.05) is 73.7 Å². The van der Waals surface area contributed by atoms with Crippen LogP contribution in [-0.4, -0.2) is 33.5 Å². The van der Waals surface area contributed by atoms with Crippen LogP contribution in [0.1, 0.15) is 12.6 Å². The van der Waals surface area contributed by atoms with Crippen molar-refractivity contribution >= 4 is 0 Å². The number of aromatic nitrogens is 1. The van der Waals surface area contributed by atoms with Crippen molar-refractivity contribution in [2.45, 2.75) is 25.5 Å². The number of rotatable bonds is 7. The van der Waals surface area contributed by atoms with Crippen molar-refractivity contribution in [2.24, 2.45) is 0 Å². The van der Waals surface area contributed by atoms with Gasteiger partial charge in [-0.1, -0.05) is 54.6 Å². The van der Waals surface area contributed by atoms with Crippen molar-refractivity contribution in [1.82, 2.24) is 9.88 Å². The second-order valence-corrected chi connectivity index (χ2v) is 7.59. The SMILES string of the molecule is CCOC1=CC=CC(C(O)Cc2cc(=O)c(O)cn2-c2cccc(-c3ccccc3)c2)N1. The van der Waals surface area contributed by atoms with Gasteiger partial charge >= 0.3 is 0 Å². The van der Waals surface area contributed by atoms with E-state index in [9.17, 15) is 15.0 Å². The van der Waals surface area contributed by atoms with E-state index in [1.54, 1.807) is 10.6 Å². The molecule has 0 aliphatic carbocycles. The lowest BCUT2D eigenvalue weighted by atomic mass is 10.0. The van der Waals surface area contributed by atoms with E-state index in [0.29, 0.717) is 18.2 Å². The minimum absolute atomic E-state index is 0.201. The number of hydrogen-bond donors (Lipinski definition) is 3. The summed E-state index contributed by atoms with van der Waals surface area (Å²) in [5, 5.41) is 24.2. The number of dihydropyridines is 1. The second-order valence-electron chi connectivity index (χ2n) is 7.59. The first kappa shape index (κ1) is 21.5. The molecule has 164 valence electrons. The topological polar surface area (TPSA) is 83.7 Å². The Morgan fingerprint density at radius 2 is 1.88 bits per heavy atom. The molecular weight excluding hydrogens is 404 g/mol. The Kier molecular flexibility index (Phi) is 6.42. The Morgan fingerprint density at radius 1 is 1.09 bits per heavy atom. The minimum atomic E-state index is -0.817. The van der Waals surface area contributed by atoms with E-state index < -0.39 is 11.5 Å². The molecule has 6 heteroatoms. The summed E-state index contributed by atoms with van der Waals surface area (Å²) in [4.78, 5) is 12.2. The summed E-state index contributed by atoms with van der Waals surface area (Å²) in [6, 6.07) is 18.8. The third-order valence-electron chi connectivity index (χ3n) is 5.35. The number of ether oxygens (including phenoxy) is 1. The highest BCUT2D eigenvalue weighted by Gasteiger charge is 2.22. The van der Waals surface area contributed by atoms with Crippen LogP contribution < -0.4 is 10.7 Å². The van der Waals surface area contributed by atoms with E-state index in [0.717, 1.165) is 16.8 Å². The van der Waals surface area contributed by atoms with Crippen LogP contribution in [0.5, 0.6) is 5.75 Å². The molecule has 0 saturated heterocycles. The standard InChI is InChI=1S/C26H26N2O4/c1-2-32-26-13-7-12-22(27-26)23(29)15-21-16-24(30)25(31)17-28(21)20-11-6-10-19(14-20)18-8-4-3-5-9-18/h3-14,16-17,22-23,27,29,31H,2,15H2,1H3. The number of aliphatic hydroxyl groups is 1. The molecule has 2 atom stereocenters. The van der Waals surface area contributed by atoms with Crippen LogP contribution in [0, 0.1) is 0 Å². The van der Waals surface area contributed by atoms with E-state index in [1.165, 1.54) is 12.3 Å². The average Bonchev–Trinajstić information content (AvgIpc) is 2.82. The first-order valence-electron chi connectivity index (χ1n) is 10.6. The van der Waals surface area contributed by atoms with Crippen molar-refractivity contribution in [3.8, 4) is 22.6 Å². The van der Waals surface area contributed by atoms with Crippen molar-refractivity contribution in [2.75, 3.05) is 6.61 Å². The lowest BCUT2D eigenvalue weighted by Gasteiger charge is -2.26. The molecule has 2 heterocycles. The Labute approximate surface area is 186 Å². The number of aromatic hydroxyl groups is 1. The van der Waals surface area contributed by atoms with Gasteiger partial charge in [-0.05, 0) is 36.3 Å². The molecule has 0 spiro atoms. The van der Waals surface area contributed by atoms with Gasteiger partial charge in [0.25, 0.3) is 0 Å². The molecule has 1 aliphatic rings. The molecule has 32 heavy (non-hydrogen) atoms. The molecule has 0 fully saturated rings. The van der Waals surface area contributed by atoms with Gasteiger partial charge in [0, 0.05) is 23.9 Å². The van der Waals surface area contributed by atoms with E-state index in [4.69, 9.17) is 4.74 Å². The van der Waals surface area contributed by atoms with Gasteiger partial charge in [0.1, 0.15) is 0 Å². The molecule has 4 rings (SSSR count). The minimum Gasteiger partial charge on any atom is -0.503 e. The number of allylic oxidation sites excluding steroid dienone is 2. The summed E-state index contributed by atoms with van der Waals surface area (Å²) in [7, 11) is 0. The fraction of sp³-hybridized carbons (Fsp3) is 0.192. The first-order chi connectivity index (χ1) is 15.5. The Balaban J connectivity index is 1.65. The molecule has 0 bridgehead atoms. The average molecular weight is 431 g/mol. The maximum atomic E-state index is 12.2. The van der Waals surface area contributed by atoms with E-state index >= 15 is 0 Å². The Hall–Kier alpha value is -3.77. The Bertz CT molecular complexity index is 1200. The maximum Gasteiger partial charge on any atom is 0.223 e. The largest absolute Gasteiger partial charge is 0.503 e. The van der Waals surface area contributed by atoms with Gasteiger partial charge in [0.15, 0.2) is 11.6 Å². The highest BCUT2D eigenvalue weighted by Crippen LogP contribution is 2.24. The number of aliphatic hydroxyl groups excluding tert-OH is 1. The molecule has 1 aromatic heterocycles. The van der Waals surface area contributed by atoms with Crippen molar-refractivity contribution in [3.63, 3.8) is 0 Å². The molecule has 0 saturated carbocycles. The smallest absolute Gasteiger partial charge is 0.223 e. The quantitative estimate of drug-likeness (QED) is 0.534.